The number of sulfonamides is 1. The van der Waals surface area contributed by atoms with Crippen molar-refractivity contribution in [3.05, 3.63) is 41.0 Å². The number of thiophene rings is 1. The maximum Gasteiger partial charge on any atom is 0.271 e. The summed E-state index contributed by atoms with van der Waals surface area (Å²) in [5, 5.41) is 0. The number of rotatable bonds is 5. The minimum Gasteiger partial charge on any atom is -0.497 e. The van der Waals surface area contributed by atoms with Crippen molar-refractivity contribution in [2.75, 3.05) is 11.8 Å². The fraction of sp³-hybridized carbons (Fsp3) is 0.0833. The molecule has 2 rings (SSSR count). The number of hydrogen-bond acceptors (Lipinski definition) is 5. The third kappa shape index (κ3) is 3.49. The number of methoxy groups -OCH3 is 1. The summed E-state index contributed by atoms with van der Waals surface area (Å²) in [5.74, 6) is -0.366. The Hall–Kier alpha value is -1.71. The van der Waals surface area contributed by atoms with Gasteiger partial charge < -0.3 is 10.5 Å². The molecule has 2 aromatic rings. The first kappa shape index (κ1) is 15.7. The predicted molar refractivity (Wildman–Crippen MR) is 84.0 cm³/mol. The summed E-state index contributed by atoms with van der Waals surface area (Å²) in [7, 11) is -2.51. The molecule has 0 spiro atoms. The average Bonchev–Trinajstić information content (AvgIpc) is 2.92. The Bertz CT molecular complexity index is 787. The van der Waals surface area contributed by atoms with Crippen molar-refractivity contribution < 1.29 is 17.5 Å². The molecule has 0 aliphatic rings. The van der Waals surface area contributed by atoms with Gasteiger partial charge in [0.1, 0.15) is 20.8 Å². The summed E-state index contributed by atoms with van der Waals surface area (Å²) in [6.07, 6.45) is 0. The number of halogens is 1. The largest absolute Gasteiger partial charge is 0.497 e. The van der Waals surface area contributed by atoms with E-state index >= 15 is 0 Å². The third-order valence-electron chi connectivity index (χ3n) is 2.51. The van der Waals surface area contributed by atoms with Crippen LogP contribution in [0.25, 0.3) is 0 Å². The molecular formula is C12H11FN2O3S3. The van der Waals surface area contributed by atoms with E-state index in [1.54, 1.807) is 0 Å². The number of nitrogens with one attached hydrogen (secondary N) is 1. The summed E-state index contributed by atoms with van der Waals surface area (Å²) in [6, 6.07) is 6.63. The quantitative estimate of drug-likeness (QED) is 0.812. The van der Waals surface area contributed by atoms with E-state index in [0.29, 0.717) is 10.6 Å². The molecule has 0 atom stereocenters. The fourth-order valence-electron chi connectivity index (χ4n) is 1.50. The van der Waals surface area contributed by atoms with Crippen LogP contribution < -0.4 is 15.2 Å². The summed E-state index contributed by atoms with van der Waals surface area (Å²) in [5.41, 5.74) is 5.24. The molecule has 9 heteroatoms. The van der Waals surface area contributed by atoms with Crippen molar-refractivity contribution in [1.82, 2.24) is 0 Å². The Kier molecular flexibility index (Phi) is 4.45. The van der Waals surface area contributed by atoms with Gasteiger partial charge in [-0.15, -0.1) is 11.3 Å². The molecule has 0 unspecified atom stereocenters. The molecule has 0 aliphatic carbocycles. The maximum absolute atomic E-state index is 13.7. The van der Waals surface area contributed by atoms with E-state index in [4.69, 9.17) is 22.7 Å². The second-order valence-corrected chi connectivity index (χ2v) is 7.37. The smallest absolute Gasteiger partial charge is 0.271 e. The molecule has 21 heavy (non-hydrogen) atoms. The lowest BCUT2D eigenvalue weighted by Gasteiger charge is -2.09. The van der Waals surface area contributed by atoms with Crippen LogP contribution >= 0.6 is 23.6 Å². The zero-order valence-electron chi connectivity index (χ0n) is 10.8. The Morgan fingerprint density at radius 2 is 2.10 bits per heavy atom. The van der Waals surface area contributed by atoms with Gasteiger partial charge in [-0.2, -0.15) is 0 Å². The number of anilines is 1. The van der Waals surface area contributed by atoms with E-state index in [9.17, 15) is 12.8 Å². The fourth-order valence-corrected chi connectivity index (χ4v) is 3.91. The van der Waals surface area contributed by atoms with Gasteiger partial charge in [0.05, 0.1) is 17.7 Å². The molecule has 1 heterocycles. The summed E-state index contributed by atoms with van der Waals surface area (Å²) >= 11 is 5.69. The van der Waals surface area contributed by atoms with Gasteiger partial charge in [0.15, 0.2) is 0 Å². The van der Waals surface area contributed by atoms with Crippen molar-refractivity contribution >= 4 is 44.3 Å². The lowest BCUT2D eigenvalue weighted by Crippen LogP contribution is -2.12. The lowest BCUT2D eigenvalue weighted by atomic mass is 10.3. The number of thiocarbonyl (C=S) groups is 1. The number of nitrogens with two attached hydrogens (primary N) is 1. The minimum atomic E-state index is -3.92. The van der Waals surface area contributed by atoms with Crippen LogP contribution in [0.1, 0.15) is 4.88 Å². The van der Waals surface area contributed by atoms with Crippen LogP contribution in [0.2, 0.25) is 0 Å². The molecule has 3 N–H and O–H groups in total. The Morgan fingerprint density at radius 1 is 1.38 bits per heavy atom. The number of hydrogen-bond donors (Lipinski definition) is 2. The van der Waals surface area contributed by atoms with E-state index in [2.05, 4.69) is 4.72 Å². The molecular weight excluding hydrogens is 335 g/mol. The Morgan fingerprint density at radius 3 is 2.67 bits per heavy atom. The van der Waals surface area contributed by atoms with Gasteiger partial charge in [-0.25, -0.2) is 12.8 Å². The van der Waals surface area contributed by atoms with Gasteiger partial charge in [0.25, 0.3) is 10.0 Å². The first-order valence-corrected chi connectivity index (χ1v) is 8.30. The highest BCUT2D eigenvalue weighted by molar-refractivity contribution is 7.94. The molecule has 1 aromatic heterocycles. The van der Waals surface area contributed by atoms with E-state index in [-0.39, 0.29) is 14.9 Å². The third-order valence-corrected chi connectivity index (χ3v) is 5.83. The molecule has 0 amide bonds. The van der Waals surface area contributed by atoms with Gasteiger partial charge >= 0.3 is 0 Å². The standard InChI is InChI=1S/C12H11FN2O3S3/c1-18-7-2-3-8(13)9(6-7)15-21(16,17)11-5-4-10(20-11)12(14)19/h2-6,15H,1H3,(H2,14,19). The highest BCUT2D eigenvalue weighted by Crippen LogP contribution is 2.27. The van der Waals surface area contributed by atoms with Crippen LogP contribution in [0.15, 0.2) is 34.5 Å². The zero-order valence-corrected chi connectivity index (χ0v) is 13.2. The van der Waals surface area contributed by atoms with Crippen LogP contribution in [0.3, 0.4) is 0 Å². The van der Waals surface area contributed by atoms with Gasteiger partial charge in [-0.1, -0.05) is 12.2 Å². The molecule has 0 fully saturated rings. The van der Waals surface area contributed by atoms with Crippen molar-refractivity contribution in [2.24, 2.45) is 5.73 Å². The molecule has 5 nitrogen and oxygen atoms in total. The van der Waals surface area contributed by atoms with E-state index in [1.165, 1.54) is 31.4 Å². The number of benzene rings is 1. The highest BCUT2D eigenvalue weighted by Gasteiger charge is 2.19. The normalized spacial score (nSPS) is 11.1. The van der Waals surface area contributed by atoms with E-state index in [1.807, 2.05) is 0 Å². The first-order chi connectivity index (χ1) is 9.83. The summed E-state index contributed by atoms with van der Waals surface area (Å²) in [6.45, 7) is 0. The summed E-state index contributed by atoms with van der Waals surface area (Å²) in [4.78, 5) is 0.575. The van der Waals surface area contributed by atoms with Crippen molar-refractivity contribution in [2.45, 2.75) is 4.21 Å². The van der Waals surface area contributed by atoms with Gasteiger partial charge in [0.2, 0.25) is 0 Å². The SMILES string of the molecule is COc1ccc(F)c(NS(=O)(=O)c2ccc(C(N)=S)s2)c1. The van der Waals surface area contributed by atoms with Crippen molar-refractivity contribution in [3.8, 4) is 5.75 Å². The molecule has 0 radical (unpaired) electrons. The van der Waals surface area contributed by atoms with Crippen LogP contribution in [-0.4, -0.2) is 20.5 Å². The zero-order chi connectivity index (χ0) is 15.6. The van der Waals surface area contributed by atoms with Crippen LogP contribution in [0.4, 0.5) is 10.1 Å². The van der Waals surface area contributed by atoms with Crippen LogP contribution in [-0.2, 0) is 10.0 Å². The molecule has 112 valence electrons. The van der Waals surface area contributed by atoms with E-state index < -0.39 is 15.8 Å². The molecule has 0 bridgehead atoms. The predicted octanol–water partition coefficient (Wildman–Crippen LogP) is 2.33. The van der Waals surface area contributed by atoms with Crippen LogP contribution in [0, 0.1) is 5.82 Å². The van der Waals surface area contributed by atoms with Crippen molar-refractivity contribution in [3.63, 3.8) is 0 Å². The van der Waals surface area contributed by atoms with Gasteiger partial charge in [0, 0.05) is 6.07 Å². The topological polar surface area (TPSA) is 81.4 Å². The van der Waals surface area contributed by atoms with Gasteiger partial charge in [-0.05, 0) is 24.3 Å². The highest BCUT2D eigenvalue weighted by atomic mass is 32.2. The lowest BCUT2D eigenvalue weighted by molar-refractivity contribution is 0.414. The maximum atomic E-state index is 13.7. The second-order valence-electron chi connectivity index (χ2n) is 3.93. The Labute approximate surface area is 130 Å². The van der Waals surface area contributed by atoms with E-state index in [0.717, 1.165) is 17.4 Å². The van der Waals surface area contributed by atoms with Crippen LogP contribution in [0.5, 0.6) is 5.75 Å². The first-order valence-electron chi connectivity index (χ1n) is 5.59. The molecule has 1 aromatic carbocycles. The second kappa shape index (κ2) is 5.96. The monoisotopic (exact) mass is 346 g/mol. The summed E-state index contributed by atoms with van der Waals surface area (Å²) < 4.78 is 45.2. The van der Waals surface area contributed by atoms with Crippen molar-refractivity contribution in [1.29, 1.82) is 0 Å². The Balaban J connectivity index is 2.34. The van der Waals surface area contributed by atoms with Gasteiger partial charge in [-0.3, -0.25) is 4.72 Å². The number of ether oxygens (including phenoxy) is 1. The molecule has 0 saturated carbocycles. The average molecular weight is 346 g/mol. The molecule has 0 aliphatic heterocycles. The minimum absolute atomic E-state index is 0.00693. The molecule has 0 saturated heterocycles.